The van der Waals surface area contributed by atoms with E-state index in [0.717, 1.165) is 20.9 Å². The van der Waals surface area contributed by atoms with Gasteiger partial charge in [-0.15, -0.1) is 0 Å². The summed E-state index contributed by atoms with van der Waals surface area (Å²) in [6, 6.07) is 7.37. The zero-order chi connectivity index (χ0) is 14.0. The number of hydrogen-bond donors (Lipinski definition) is 0. The molecule has 1 aromatic rings. The fourth-order valence-electron chi connectivity index (χ4n) is 1.48. The Kier molecular flexibility index (Phi) is 4.25. The number of hydrogen-bond acceptors (Lipinski definition) is 5. The maximum Gasteiger partial charge on any atom is 0.293 e. The molecule has 2 rings (SSSR count). The molecule has 19 heavy (non-hydrogen) atoms. The van der Waals surface area contributed by atoms with Gasteiger partial charge in [0.1, 0.15) is 0 Å². The summed E-state index contributed by atoms with van der Waals surface area (Å²) in [5.41, 5.74) is 0.777. The number of carboxylic acids is 1. The van der Waals surface area contributed by atoms with Gasteiger partial charge in [-0.3, -0.25) is 14.5 Å². The van der Waals surface area contributed by atoms with Gasteiger partial charge in [-0.1, -0.05) is 12.1 Å². The van der Waals surface area contributed by atoms with E-state index >= 15 is 0 Å². The summed E-state index contributed by atoms with van der Waals surface area (Å²) in [4.78, 5) is 34.7. The van der Waals surface area contributed by atoms with Crippen LogP contribution >= 0.6 is 34.4 Å². The van der Waals surface area contributed by atoms with E-state index in [1.807, 2.05) is 24.3 Å². The second kappa shape index (κ2) is 5.74. The predicted octanol–water partition coefficient (Wildman–Crippen LogP) is 1.08. The van der Waals surface area contributed by atoms with Gasteiger partial charge in [0.2, 0.25) is 0 Å². The second-order valence-corrected chi connectivity index (χ2v) is 5.93. The number of nitrogens with zero attached hydrogens (tertiary/aromatic N) is 1. The quantitative estimate of drug-likeness (QED) is 0.572. The Morgan fingerprint density at radius 2 is 1.95 bits per heavy atom. The molecule has 1 saturated heterocycles. The average molecular weight is 388 g/mol. The minimum Gasteiger partial charge on any atom is -0.548 e. The number of carbonyl (C=O) groups excluding carboxylic acids is 3. The molecule has 1 aromatic carbocycles. The molecule has 0 N–H and O–H groups in total. The third kappa shape index (κ3) is 3.35. The summed E-state index contributed by atoms with van der Waals surface area (Å²) < 4.78 is 1.06. The Hall–Kier alpha value is -1.35. The maximum absolute atomic E-state index is 11.8. The molecule has 5 nitrogen and oxygen atoms in total. The van der Waals surface area contributed by atoms with Crippen molar-refractivity contribution in [3.63, 3.8) is 0 Å². The lowest BCUT2D eigenvalue weighted by Gasteiger charge is -2.12. The SMILES string of the molecule is O=C([O-])CN1C(=O)S/C(=C/c2ccc(I)cc2)C1=O. The van der Waals surface area contributed by atoms with Crippen molar-refractivity contribution >= 4 is 57.5 Å². The summed E-state index contributed by atoms with van der Waals surface area (Å²) in [5, 5.41) is 9.87. The highest BCUT2D eigenvalue weighted by Crippen LogP contribution is 2.31. The molecule has 0 atom stereocenters. The van der Waals surface area contributed by atoms with Gasteiger partial charge in [-0.25, -0.2) is 0 Å². The lowest BCUT2D eigenvalue weighted by Crippen LogP contribution is -2.40. The van der Waals surface area contributed by atoms with Crippen LogP contribution in [0.1, 0.15) is 5.56 Å². The van der Waals surface area contributed by atoms with Crippen molar-refractivity contribution in [1.29, 1.82) is 0 Å². The van der Waals surface area contributed by atoms with Gasteiger partial charge in [0.05, 0.1) is 17.4 Å². The lowest BCUT2D eigenvalue weighted by molar-refractivity contribution is -0.305. The van der Waals surface area contributed by atoms with Crippen LogP contribution in [0.4, 0.5) is 4.79 Å². The average Bonchev–Trinajstić information content (AvgIpc) is 2.60. The number of imide groups is 1. The van der Waals surface area contributed by atoms with Crippen molar-refractivity contribution in [2.45, 2.75) is 0 Å². The molecule has 0 unspecified atom stereocenters. The maximum atomic E-state index is 11.8. The van der Waals surface area contributed by atoms with E-state index in [1.165, 1.54) is 0 Å². The standard InChI is InChI=1S/C12H8INO4S/c13-8-3-1-7(2-4-8)5-9-11(17)14(6-10(15)16)12(18)19-9/h1-5H,6H2,(H,15,16)/p-1/b9-5+. The molecule has 0 saturated carbocycles. The molecular weight excluding hydrogens is 381 g/mol. The third-order valence-electron chi connectivity index (χ3n) is 2.33. The summed E-state index contributed by atoms with van der Waals surface area (Å²) in [7, 11) is 0. The molecule has 0 radical (unpaired) electrons. The van der Waals surface area contributed by atoms with Crippen LogP contribution in [-0.2, 0) is 9.59 Å². The minimum atomic E-state index is -1.46. The molecule has 1 fully saturated rings. The highest BCUT2D eigenvalue weighted by molar-refractivity contribution is 14.1. The van der Waals surface area contributed by atoms with Crippen molar-refractivity contribution in [3.8, 4) is 0 Å². The first-order valence-corrected chi connectivity index (χ1v) is 7.07. The van der Waals surface area contributed by atoms with Gasteiger partial charge < -0.3 is 9.90 Å². The van der Waals surface area contributed by atoms with E-state index in [1.54, 1.807) is 6.08 Å². The first-order valence-electron chi connectivity index (χ1n) is 5.18. The van der Waals surface area contributed by atoms with Gasteiger partial charge in [0, 0.05) is 3.57 Å². The Labute approximate surface area is 126 Å². The number of rotatable bonds is 3. The van der Waals surface area contributed by atoms with Crippen molar-refractivity contribution < 1.29 is 19.5 Å². The predicted molar refractivity (Wildman–Crippen MR) is 76.8 cm³/mol. The molecule has 2 amide bonds. The monoisotopic (exact) mass is 388 g/mol. The summed E-state index contributed by atoms with van der Waals surface area (Å²) in [6.45, 7) is -0.714. The van der Waals surface area contributed by atoms with Crippen molar-refractivity contribution in [2.75, 3.05) is 6.54 Å². The van der Waals surface area contributed by atoms with Crippen LogP contribution in [0.2, 0.25) is 0 Å². The van der Waals surface area contributed by atoms with E-state index in [4.69, 9.17) is 0 Å². The molecule has 1 aliphatic heterocycles. The molecule has 0 bridgehead atoms. The largest absolute Gasteiger partial charge is 0.548 e. The van der Waals surface area contributed by atoms with Crippen LogP contribution in [0.5, 0.6) is 0 Å². The fraction of sp³-hybridized carbons (Fsp3) is 0.0833. The molecule has 0 aromatic heterocycles. The number of amides is 2. The summed E-state index contributed by atoms with van der Waals surface area (Å²) in [6.07, 6.45) is 1.57. The van der Waals surface area contributed by atoms with E-state index in [0.29, 0.717) is 4.90 Å². The smallest absolute Gasteiger partial charge is 0.293 e. The molecular formula is C12H7INO4S-. The molecule has 7 heteroatoms. The van der Waals surface area contributed by atoms with Crippen molar-refractivity contribution in [2.24, 2.45) is 0 Å². The minimum absolute atomic E-state index is 0.215. The van der Waals surface area contributed by atoms with Crippen molar-refractivity contribution in [3.05, 3.63) is 38.3 Å². The Bertz CT molecular complexity index is 582. The number of thioether (sulfide) groups is 1. The van der Waals surface area contributed by atoms with Crippen LogP contribution in [0.3, 0.4) is 0 Å². The van der Waals surface area contributed by atoms with Crippen LogP contribution in [-0.4, -0.2) is 28.6 Å². The highest BCUT2D eigenvalue weighted by atomic mass is 127. The molecule has 0 spiro atoms. The van der Waals surface area contributed by atoms with Crippen LogP contribution in [0.15, 0.2) is 29.2 Å². The topological polar surface area (TPSA) is 77.5 Å². The Balaban J connectivity index is 2.23. The summed E-state index contributed by atoms with van der Waals surface area (Å²) >= 11 is 2.89. The number of benzene rings is 1. The Morgan fingerprint density at radius 1 is 1.32 bits per heavy atom. The van der Waals surface area contributed by atoms with Crippen LogP contribution < -0.4 is 5.11 Å². The van der Waals surface area contributed by atoms with Gasteiger partial charge in [0.15, 0.2) is 0 Å². The fourth-order valence-corrected chi connectivity index (χ4v) is 2.67. The molecule has 98 valence electrons. The first-order chi connectivity index (χ1) is 8.97. The van der Waals surface area contributed by atoms with Gasteiger partial charge in [-0.05, 0) is 58.1 Å². The normalized spacial score (nSPS) is 17.3. The molecule has 0 aliphatic carbocycles. The van der Waals surface area contributed by atoms with E-state index in [-0.39, 0.29) is 4.91 Å². The summed E-state index contributed by atoms with van der Waals surface area (Å²) in [5.74, 6) is -2.06. The van der Waals surface area contributed by atoms with Gasteiger partial charge in [-0.2, -0.15) is 0 Å². The van der Waals surface area contributed by atoms with E-state index in [9.17, 15) is 19.5 Å². The number of aliphatic carboxylic acids is 1. The van der Waals surface area contributed by atoms with Crippen LogP contribution in [0.25, 0.3) is 6.08 Å². The molecule has 1 heterocycles. The lowest BCUT2D eigenvalue weighted by atomic mass is 10.2. The number of carbonyl (C=O) groups is 3. The zero-order valence-corrected chi connectivity index (χ0v) is 12.4. The molecule has 1 aliphatic rings. The first kappa shape index (κ1) is 14.1. The van der Waals surface area contributed by atoms with E-state index in [2.05, 4.69) is 22.6 Å². The second-order valence-electron chi connectivity index (χ2n) is 3.69. The highest BCUT2D eigenvalue weighted by Gasteiger charge is 2.34. The third-order valence-corrected chi connectivity index (χ3v) is 3.96. The zero-order valence-electron chi connectivity index (χ0n) is 9.46. The Morgan fingerprint density at radius 3 is 2.53 bits per heavy atom. The van der Waals surface area contributed by atoms with Crippen molar-refractivity contribution in [1.82, 2.24) is 4.90 Å². The van der Waals surface area contributed by atoms with Gasteiger partial charge >= 0.3 is 0 Å². The van der Waals surface area contributed by atoms with E-state index < -0.39 is 23.7 Å². The van der Waals surface area contributed by atoms with Gasteiger partial charge in [0.25, 0.3) is 11.1 Å². The van der Waals surface area contributed by atoms with Crippen LogP contribution in [0, 0.1) is 3.57 Å². The number of carboxylic acid groups (broad SMARTS) is 1. The number of halogens is 1.